The van der Waals surface area contributed by atoms with Gasteiger partial charge in [-0.1, -0.05) is 130 Å². The van der Waals surface area contributed by atoms with Crippen molar-refractivity contribution in [2.24, 2.45) is 0 Å². The fourth-order valence-electron chi connectivity index (χ4n) is 5.00. The van der Waals surface area contributed by atoms with Gasteiger partial charge in [-0.25, -0.2) is 0 Å². The van der Waals surface area contributed by atoms with E-state index in [0.717, 1.165) is 42.6 Å². The van der Waals surface area contributed by atoms with Crippen LogP contribution in [0, 0.1) is 0 Å². The molecule has 3 aromatic carbocycles. The van der Waals surface area contributed by atoms with Gasteiger partial charge >= 0.3 is 0 Å². The first-order chi connectivity index (χ1) is 17.3. The molecule has 3 heteroatoms. The number of rotatable bonds is 14. The monoisotopic (exact) mass is 472 g/mol. The third-order valence-electron chi connectivity index (χ3n) is 6.90. The van der Waals surface area contributed by atoms with Crippen molar-refractivity contribution in [1.29, 1.82) is 0 Å². The SMILES string of the molecule is CCCCCCCCOC1CCC(COC(c2ccccc2)(c2ccccc2)c2ccccc2)O1. The van der Waals surface area contributed by atoms with E-state index in [2.05, 4.69) is 97.9 Å². The van der Waals surface area contributed by atoms with Gasteiger partial charge in [0, 0.05) is 13.0 Å². The predicted octanol–water partition coefficient (Wildman–Crippen LogP) is 7.88. The molecule has 0 radical (unpaired) electrons. The van der Waals surface area contributed by atoms with Crippen LogP contribution in [0.5, 0.6) is 0 Å². The van der Waals surface area contributed by atoms with Crippen molar-refractivity contribution in [1.82, 2.24) is 0 Å². The quantitative estimate of drug-likeness (QED) is 0.176. The van der Waals surface area contributed by atoms with Gasteiger partial charge in [-0.2, -0.15) is 0 Å². The summed E-state index contributed by atoms with van der Waals surface area (Å²) < 4.78 is 19.2. The van der Waals surface area contributed by atoms with Crippen LogP contribution in [0.25, 0.3) is 0 Å². The minimum absolute atomic E-state index is 0.0278. The second kappa shape index (κ2) is 13.6. The van der Waals surface area contributed by atoms with Gasteiger partial charge < -0.3 is 14.2 Å². The van der Waals surface area contributed by atoms with Crippen LogP contribution in [-0.4, -0.2) is 25.6 Å². The lowest BCUT2D eigenvalue weighted by atomic mass is 9.80. The van der Waals surface area contributed by atoms with E-state index in [1.165, 1.54) is 32.1 Å². The molecule has 186 valence electrons. The molecular formula is C32H40O3. The fourth-order valence-corrected chi connectivity index (χ4v) is 5.00. The highest BCUT2D eigenvalue weighted by molar-refractivity contribution is 5.47. The van der Waals surface area contributed by atoms with Crippen molar-refractivity contribution in [3.05, 3.63) is 108 Å². The van der Waals surface area contributed by atoms with E-state index in [1.54, 1.807) is 0 Å². The summed E-state index contributed by atoms with van der Waals surface area (Å²) in [5.41, 5.74) is 2.65. The molecule has 1 heterocycles. The highest BCUT2D eigenvalue weighted by Crippen LogP contribution is 2.41. The summed E-state index contributed by atoms with van der Waals surface area (Å²) in [5.74, 6) is 0. The van der Waals surface area contributed by atoms with Crippen molar-refractivity contribution in [2.75, 3.05) is 13.2 Å². The molecule has 0 spiro atoms. The van der Waals surface area contributed by atoms with E-state index in [-0.39, 0.29) is 12.4 Å². The molecule has 3 nitrogen and oxygen atoms in total. The van der Waals surface area contributed by atoms with Crippen molar-refractivity contribution in [3.8, 4) is 0 Å². The molecule has 3 aromatic rings. The van der Waals surface area contributed by atoms with Gasteiger partial charge in [-0.15, -0.1) is 0 Å². The van der Waals surface area contributed by atoms with Crippen LogP contribution < -0.4 is 0 Å². The number of hydrogen-bond acceptors (Lipinski definition) is 3. The molecule has 1 saturated heterocycles. The smallest absolute Gasteiger partial charge is 0.158 e. The zero-order valence-corrected chi connectivity index (χ0v) is 21.1. The lowest BCUT2D eigenvalue weighted by molar-refractivity contribution is -0.153. The third kappa shape index (κ3) is 6.82. The predicted molar refractivity (Wildman–Crippen MR) is 142 cm³/mol. The van der Waals surface area contributed by atoms with Crippen LogP contribution in [0.4, 0.5) is 0 Å². The number of ether oxygens (including phenoxy) is 3. The van der Waals surface area contributed by atoms with Gasteiger partial charge in [0.1, 0.15) is 5.60 Å². The summed E-state index contributed by atoms with van der Waals surface area (Å²) >= 11 is 0. The Bertz CT molecular complexity index is 861. The Balaban J connectivity index is 1.43. The topological polar surface area (TPSA) is 27.7 Å². The van der Waals surface area contributed by atoms with Crippen LogP contribution in [0.1, 0.15) is 75.0 Å². The maximum atomic E-state index is 6.92. The van der Waals surface area contributed by atoms with Crippen molar-refractivity contribution >= 4 is 0 Å². The minimum Gasteiger partial charge on any atom is -0.358 e. The summed E-state index contributed by atoms with van der Waals surface area (Å²) in [6, 6.07) is 31.6. The van der Waals surface area contributed by atoms with Crippen molar-refractivity contribution in [3.63, 3.8) is 0 Å². The van der Waals surface area contributed by atoms with Crippen LogP contribution in [-0.2, 0) is 19.8 Å². The molecule has 0 aromatic heterocycles. The van der Waals surface area contributed by atoms with Crippen LogP contribution >= 0.6 is 0 Å². The Labute approximate surface area is 211 Å². The molecule has 0 saturated carbocycles. The largest absolute Gasteiger partial charge is 0.358 e. The maximum Gasteiger partial charge on any atom is 0.158 e. The third-order valence-corrected chi connectivity index (χ3v) is 6.90. The molecule has 4 rings (SSSR count). The van der Waals surface area contributed by atoms with Crippen LogP contribution in [0.2, 0.25) is 0 Å². The van der Waals surface area contributed by atoms with Gasteiger partial charge in [0.25, 0.3) is 0 Å². The number of unbranched alkanes of at least 4 members (excludes halogenated alkanes) is 5. The molecule has 0 amide bonds. The Hall–Kier alpha value is -2.46. The second-order valence-corrected chi connectivity index (χ2v) is 9.49. The molecule has 0 N–H and O–H groups in total. The lowest BCUT2D eigenvalue weighted by Crippen LogP contribution is -2.35. The van der Waals surface area contributed by atoms with Gasteiger partial charge in [0.2, 0.25) is 0 Å². The summed E-state index contributed by atoms with van der Waals surface area (Å²) in [6.07, 6.45) is 9.42. The van der Waals surface area contributed by atoms with E-state index in [0.29, 0.717) is 6.61 Å². The van der Waals surface area contributed by atoms with E-state index >= 15 is 0 Å². The molecule has 2 unspecified atom stereocenters. The highest BCUT2D eigenvalue weighted by Gasteiger charge is 2.39. The fraction of sp³-hybridized carbons (Fsp3) is 0.438. The summed E-state index contributed by atoms with van der Waals surface area (Å²) in [6.45, 7) is 3.55. The highest BCUT2D eigenvalue weighted by atomic mass is 16.7. The van der Waals surface area contributed by atoms with E-state index in [1.807, 2.05) is 0 Å². The summed E-state index contributed by atoms with van der Waals surface area (Å²) in [7, 11) is 0. The zero-order chi connectivity index (χ0) is 24.2. The standard InChI is InChI=1S/C32H40O3/c1-2-3-4-5-6-16-25-33-31-24-23-30(35-31)26-34-32(27-17-10-7-11-18-27,28-19-12-8-13-20-28)29-21-14-9-15-22-29/h7-15,17-22,30-31H,2-6,16,23-26H2,1H3. The first-order valence-electron chi connectivity index (χ1n) is 13.4. The Morgan fingerprint density at radius 3 is 1.74 bits per heavy atom. The first-order valence-corrected chi connectivity index (χ1v) is 13.4. The van der Waals surface area contributed by atoms with Crippen molar-refractivity contribution in [2.45, 2.75) is 76.3 Å². The van der Waals surface area contributed by atoms with Gasteiger partial charge in [-0.3, -0.25) is 0 Å². The molecular weight excluding hydrogens is 432 g/mol. The lowest BCUT2D eigenvalue weighted by Gasteiger charge is -2.36. The Kier molecular flexibility index (Phi) is 9.94. The Morgan fingerprint density at radius 1 is 0.686 bits per heavy atom. The second-order valence-electron chi connectivity index (χ2n) is 9.49. The van der Waals surface area contributed by atoms with Gasteiger partial charge in [0.05, 0.1) is 12.7 Å². The molecule has 0 aliphatic carbocycles. The molecule has 1 aliphatic rings. The van der Waals surface area contributed by atoms with Crippen LogP contribution in [0.3, 0.4) is 0 Å². The molecule has 1 aliphatic heterocycles. The zero-order valence-electron chi connectivity index (χ0n) is 21.1. The van der Waals surface area contributed by atoms with Gasteiger partial charge in [0.15, 0.2) is 6.29 Å². The van der Waals surface area contributed by atoms with E-state index < -0.39 is 5.60 Å². The molecule has 35 heavy (non-hydrogen) atoms. The normalized spacial score (nSPS) is 18.1. The molecule has 1 fully saturated rings. The Morgan fingerprint density at radius 2 is 1.20 bits per heavy atom. The maximum absolute atomic E-state index is 6.92. The average molecular weight is 473 g/mol. The van der Waals surface area contributed by atoms with Gasteiger partial charge in [-0.05, 0) is 29.5 Å². The number of benzene rings is 3. The van der Waals surface area contributed by atoms with E-state index in [4.69, 9.17) is 14.2 Å². The summed E-state index contributed by atoms with van der Waals surface area (Å²) in [4.78, 5) is 0. The molecule has 0 bridgehead atoms. The first kappa shape index (κ1) is 25.6. The minimum atomic E-state index is -0.704. The van der Waals surface area contributed by atoms with E-state index in [9.17, 15) is 0 Å². The average Bonchev–Trinajstić information content (AvgIpc) is 3.38. The molecule has 2 atom stereocenters. The van der Waals surface area contributed by atoms with Crippen LogP contribution in [0.15, 0.2) is 91.0 Å². The van der Waals surface area contributed by atoms with Crippen molar-refractivity contribution < 1.29 is 14.2 Å². The number of hydrogen-bond donors (Lipinski definition) is 0. The summed E-state index contributed by atoms with van der Waals surface area (Å²) in [5, 5.41) is 0.